The van der Waals surface area contributed by atoms with Crippen molar-refractivity contribution in [2.75, 3.05) is 23.2 Å². The van der Waals surface area contributed by atoms with Crippen molar-refractivity contribution in [2.45, 2.75) is 15.0 Å². The second-order valence-electron chi connectivity index (χ2n) is 7.87. The van der Waals surface area contributed by atoms with Gasteiger partial charge in [0.2, 0.25) is 11.6 Å². The summed E-state index contributed by atoms with van der Waals surface area (Å²) in [5.74, 6) is 0.0576. The first kappa shape index (κ1) is 34.3. The van der Waals surface area contributed by atoms with Crippen LogP contribution < -0.4 is 18.9 Å². The molecule has 5 rings (SSSR count). The number of methoxy groups -OCH3 is 1. The van der Waals surface area contributed by atoms with Crippen molar-refractivity contribution in [1.29, 1.82) is 0 Å². The Balaban J connectivity index is 0.000000209. The molecule has 0 bridgehead atoms. The van der Waals surface area contributed by atoms with Crippen LogP contribution in [0.15, 0.2) is 72.2 Å². The van der Waals surface area contributed by atoms with Gasteiger partial charge in [0.15, 0.2) is 0 Å². The highest BCUT2D eigenvalue weighted by Gasteiger charge is 2.22. The zero-order valence-corrected chi connectivity index (χ0v) is 29.8. The number of rotatable bonds is 11. The van der Waals surface area contributed by atoms with Crippen molar-refractivity contribution in [1.82, 2.24) is 29.5 Å². The van der Waals surface area contributed by atoms with Crippen LogP contribution in [0.3, 0.4) is 0 Å². The van der Waals surface area contributed by atoms with Crippen molar-refractivity contribution in [2.24, 2.45) is 0 Å². The topological polar surface area (TPSA) is 180 Å². The van der Waals surface area contributed by atoms with E-state index in [0.29, 0.717) is 19.3 Å². The van der Waals surface area contributed by atoms with Crippen molar-refractivity contribution in [3.05, 3.63) is 73.3 Å². The fraction of sp³-hybridized carbons (Fsp3) is 0.136. The zero-order chi connectivity index (χ0) is 31.9. The van der Waals surface area contributed by atoms with E-state index in [0.717, 1.165) is 22.7 Å². The molecule has 2 N–H and O–H groups in total. The number of aromatic nitrogens is 6. The van der Waals surface area contributed by atoms with E-state index in [1.54, 1.807) is 24.8 Å². The van der Waals surface area contributed by atoms with E-state index in [2.05, 4.69) is 66.2 Å². The van der Waals surface area contributed by atoms with E-state index in [1.807, 2.05) is 4.57 Å². The Labute approximate surface area is 286 Å². The van der Waals surface area contributed by atoms with E-state index in [1.165, 1.54) is 37.7 Å². The summed E-state index contributed by atoms with van der Waals surface area (Å²) in [7, 11) is -6.21. The van der Waals surface area contributed by atoms with Crippen molar-refractivity contribution in [3.63, 3.8) is 0 Å². The van der Waals surface area contributed by atoms with E-state index >= 15 is 0 Å². The number of hydrogen-bond donors (Lipinski definition) is 2. The van der Waals surface area contributed by atoms with Crippen LogP contribution in [0, 0.1) is 0 Å². The fourth-order valence-corrected chi connectivity index (χ4v) is 8.90. The third kappa shape index (κ3) is 9.46. The predicted molar refractivity (Wildman–Crippen MR) is 174 cm³/mol. The van der Waals surface area contributed by atoms with Gasteiger partial charge in [0, 0.05) is 12.4 Å². The average molecular weight is 849 g/mol. The maximum atomic E-state index is 12.4. The highest BCUT2D eigenvalue weighted by atomic mass is 79.9. The summed E-state index contributed by atoms with van der Waals surface area (Å²) in [6.45, 7) is 0.794. The van der Waals surface area contributed by atoms with Gasteiger partial charge in [-0.1, -0.05) is 23.2 Å². The van der Waals surface area contributed by atoms with E-state index < -0.39 is 20.0 Å². The third-order valence-electron chi connectivity index (χ3n) is 4.85. The Morgan fingerprint density at radius 3 is 2.23 bits per heavy atom. The molecule has 22 heteroatoms. The average Bonchev–Trinajstić information content (AvgIpc) is 3.74. The van der Waals surface area contributed by atoms with E-state index in [4.69, 9.17) is 32.7 Å². The molecular formula is C22H18Br2Cl2N8O6S4. The molecule has 0 aliphatic heterocycles. The minimum atomic E-state index is -3.83. The molecule has 0 aliphatic carbocycles. The van der Waals surface area contributed by atoms with Gasteiger partial charge >= 0.3 is 0 Å². The molecule has 0 amide bonds. The number of sulfonamides is 2. The maximum absolute atomic E-state index is 12.4. The quantitative estimate of drug-likeness (QED) is 0.164. The van der Waals surface area contributed by atoms with Crippen LogP contribution >= 0.6 is 77.7 Å². The Bertz CT molecular complexity index is 1940. The molecule has 0 spiro atoms. The standard InChI is InChI=1S/C13H11BrClN5O3S2.C9H7BrClN3O3S2/c14-9-7-17-12(19-25(21,22)11-2-1-10(15)24-11)13(18-9)23-6-5-20-4-3-16-8-20;1-17-9-8(13-6(11)4-12-9)14-19(15,16)7-3-2-5(10)18-7/h1-4,7-8H,5-6H2,(H,17,19);2-4H,1H3,(H,13,14). The molecule has 0 saturated carbocycles. The van der Waals surface area contributed by atoms with Crippen LogP contribution in [0.1, 0.15) is 0 Å². The lowest BCUT2D eigenvalue weighted by Gasteiger charge is -2.11. The summed E-state index contributed by atoms with van der Waals surface area (Å²) in [5, 5.41) is 0.0610. The van der Waals surface area contributed by atoms with Crippen LogP contribution in [0.2, 0.25) is 9.49 Å². The van der Waals surface area contributed by atoms with Gasteiger partial charge in [0.05, 0.1) is 40.5 Å². The van der Waals surface area contributed by atoms with Gasteiger partial charge in [-0.15, -0.1) is 22.7 Å². The number of nitrogens with zero attached hydrogens (tertiary/aromatic N) is 6. The third-order valence-corrected chi connectivity index (χ3v) is 11.9. The lowest BCUT2D eigenvalue weighted by molar-refractivity contribution is 0.287. The molecule has 0 saturated heterocycles. The molecular weight excluding hydrogens is 831 g/mol. The van der Waals surface area contributed by atoms with E-state index in [9.17, 15) is 16.8 Å². The van der Waals surface area contributed by atoms with Gasteiger partial charge in [0.25, 0.3) is 31.8 Å². The summed E-state index contributed by atoms with van der Waals surface area (Å²) >= 11 is 19.9. The van der Waals surface area contributed by atoms with Crippen molar-refractivity contribution < 1.29 is 26.3 Å². The smallest absolute Gasteiger partial charge is 0.272 e. The van der Waals surface area contributed by atoms with Gasteiger partial charge in [-0.2, -0.15) is 0 Å². The Kier molecular flexibility index (Phi) is 11.8. The summed E-state index contributed by atoms with van der Waals surface area (Å²) in [6, 6.07) is 6.04. The largest absolute Gasteiger partial charge is 0.478 e. The summed E-state index contributed by atoms with van der Waals surface area (Å²) in [4.78, 5) is 19.8. The first-order chi connectivity index (χ1) is 20.9. The molecule has 0 fully saturated rings. The first-order valence-corrected chi connectivity index (χ1v) is 18.5. The minimum Gasteiger partial charge on any atom is -0.478 e. The lowest BCUT2D eigenvalue weighted by atomic mass is 10.6. The van der Waals surface area contributed by atoms with Crippen LogP contribution in [0.5, 0.6) is 11.8 Å². The SMILES string of the molecule is COc1ncc(Cl)nc1NS(=O)(=O)c1ccc(Br)s1.O=S(=O)(Nc1ncc(Br)nc1OCCn1ccnc1)c1ccc(Cl)s1. The number of hydrogen-bond acceptors (Lipinski definition) is 13. The number of anilines is 2. The Hall–Kier alpha value is -2.59. The molecule has 0 aromatic carbocycles. The van der Waals surface area contributed by atoms with Gasteiger partial charge in [-0.25, -0.2) is 41.8 Å². The Morgan fingerprint density at radius 1 is 0.909 bits per heavy atom. The number of thiophene rings is 2. The van der Waals surface area contributed by atoms with Crippen molar-refractivity contribution in [3.8, 4) is 11.8 Å². The molecule has 5 aromatic rings. The predicted octanol–water partition coefficient (Wildman–Crippen LogP) is 5.79. The van der Waals surface area contributed by atoms with E-state index in [-0.39, 0.29) is 43.6 Å². The highest BCUT2D eigenvalue weighted by molar-refractivity contribution is 9.11. The zero-order valence-electron chi connectivity index (χ0n) is 21.9. The molecule has 0 unspecified atom stereocenters. The second-order valence-corrected chi connectivity index (χ2v) is 17.1. The second kappa shape index (κ2) is 15.1. The molecule has 0 atom stereocenters. The van der Waals surface area contributed by atoms with Gasteiger partial charge in [-0.3, -0.25) is 9.44 Å². The molecule has 44 heavy (non-hydrogen) atoms. The molecule has 14 nitrogen and oxygen atoms in total. The van der Waals surface area contributed by atoms with Crippen LogP contribution in [0.25, 0.3) is 0 Å². The molecule has 0 aliphatic rings. The summed E-state index contributed by atoms with van der Waals surface area (Å²) in [5.41, 5.74) is 0. The number of imidazole rings is 1. The van der Waals surface area contributed by atoms with Crippen LogP contribution in [-0.2, 0) is 26.6 Å². The molecule has 0 radical (unpaired) electrons. The normalized spacial score (nSPS) is 11.4. The van der Waals surface area contributed by atoms with Crippen LogP contribution in [0.4, 0.5) is 11.6 Å². The molecule has 5 heterocycles. The number of halogens is 4. The van der Waals surface area contributed by atoms with Crippen LogP contribution in [-0.4, -0.2) is 60.0 Å². The summed E-state index contributed by atoms with van der Waals surface area (Å²) in [6.07, 6.45) is 7.74. The van der Waals surface area contributed by atoms with Crippen molar-refractivity contribution >= 4 is 109 Å². The Morgan fingerprint density at radius 2 is 1.61 bits per heavy atom. The maximum Gasteiger partial charge on any atom is 0.272 e. The van der Waals surface area contributed by atoms with Gasteiger partial charge in [-0.05, 0) is 56.1 Å². The van der Waals surface area contributed by atoms with Gasteiger partial charge in [0.1, 0.15) is 24.8 Å². The van der Waals surface area contributed by atoms with Gasteiger partial charge < -0.3 is 14.0 Å². The first-order valence-electron chi connectivity index (χ1n) is 11.6. The number of ether oxygens (including phenoxy) is 2. The minimum absolute atomic E-state index is 0.00152. The monoisotopic (exact) mass is 846 g/mol. The number of nitrogens with one attached hydrogen (secondary N) is 2. The molecule has 234 valence electrons. The molecule has 5 aromatic heterocycles. The summed E-state index contributed by atoms with van der Waals surface area (Å²) < 4.78 is 67.7. The fourth-order valence-electron chi connectivity index (χ4n) is 3.00. The lowest BCUT2D eigenvalue weighted by Crippen LogP contribution is -2.15. The highest BCUT2D eigenvalue weighted by Crippen LogP contribution is 2.31.